The average molecular weight is 295 g/mol. The Morgan fingerprint density at radius 2 is 1.81 bits per heavy atom. The van der Waals surface area contributed by atoms with E-state index < -0.39 is 0 Å². The number of carbonyl (C=O) groups excluding carboxylic acids is 1. The Kier molecular flexibility index (Phi) is 4.90. The maximum atomic E-state index is 12.7. The lowest BCUT2D eigenvalue weighted by molar-refractivity contribution is 0.0674. The van der Waals surface area contributed by atoms with Gasteiger partial charge in [0.15, 0.2) is 11.5 Å². The number of aliphatic hydroxyl groups is 1. The van der Waals surface area contributed by atoms with Gasteiger partial charge in [0.2, 0.25) is 0 Å². The molecule has 6 nitrogen and oxygen atoms in total. The fourth-order valence-electron chi connectivity index (χ4n) is 2.64. The van der Waals surface area contributed by atoms with Crippen LogP contribution in [0, 0.1) is 0 Å². The van der Waals surface area contributed by atoms with Gasteiger partial charge in [-0.15, -0.1) is 0 Å². The fraction of sp³-hybridized carbons (Fsp3) is 0.533. The van der Waals surface area contributed by atoms with Crippen LogP contribution in [0.3, 0.4) is 0 Å². The molecular formula is C15H21NO5. The summed E-state index contributed by atoms with van der Waals surface area (Å²) in [5.74, 6) is 1.25. The fourth-order valence-corrected chi connectivity index (χ4v) is 2.64. The molecule has 1 N–H and O–H groups in total. The molecule has 1 aromatic carbocycles. The van der Waals surface area contributed by atoms with E-state index in [1.165, 1.54) is 21.3 Å². The third-order valence-electron chi connectivity index (χ3n) is 3.78. The van der Waals surface area contributed by atoms with Gasteiger partial charge in [-0.25, -0.2) is 0 Å². The summed E-state index contributed by atoms with van der Waals surface area (Å²) in [7, 11) is 4.55. The number of amides is 1. The topological polar surface area (TPSA) is 68.2 Å². The van der Waals surface area contributed by atoms with Gasteiger partial charge in [-0.1, -0.05) is 0 Å². The van der Waals surface area contributed by atoms with E-state index in [2.05, 4.69) is 0 Å². The lowest BCUT2D eigenvalue weighted by Crippen LogP contribution is -2.37. The van der Waals surface area contributed by atoms with E-state index in [4.69, 9.17) is 14.2 Å². The number of nitrogens with zero attached hydrogens (tertiary/aromatic N) is 1. The maximum Gasteiger partial charge on any atom is 0.258 e. The minimum absolute atomic E-state index is 0.0264. The van der Waals surface area contributed by atoms with Gasteiger partial charge in [0.1, 0.15) is 5.75 Å². The normalized spacial score (nSPS) is 17.7. The summed E-state index contributed by atoms with van der Waals surface area (Å²) in [6.45, 7) is 0.614. The van der Waals surface area contributed by atoms with Crippen LogP contribution in [0.2, 0.25) is 0 Å². The van der Waals surface area contributed by atoms with Crippen LogP contribution in [0.4, 0.5) is 0 Å². The van der Waals surface area contributed by atoms with Crippen molar-refractivity contribution in [2.24, 2.45) is 0 Å². The molecule has 116 valence electrons. The van der Waals surface area contributed by atoms with Gasteiger partial charge >= 0.3 is 0 Å². The largest absolute Gasteiger partial charge is 0.496 e. The van der Waals surface area contributed by atoms with Gasteiger partial charge in [0.05, 0.1) is 39.5 Å². The van der Waals surface area contributed by atoms with Crippen molar-refractivity contribution < 1.29 is 24.1 Å². The molecule has 0 radical (unpaired) electrons. The van der Waals surface area contributed by atoms with Crippen molar-refractivity contribution in [3.63, 3.8) is 0 Å². The zero-order chi connectivity index (χ0) is 15.4. The van der Waals surface area contributed by atoms with Crippen molar-refractivity contribution in [2.75, 3.05) is 34.5 Å². The maximum absolute atomic E-state index is 12.7. The highest BCUT2D eigenvalue weighted by Gasteiger charge is 2.31. The van der Waals surface area contributed by atoms with E-state index in [0.29, 0.717) is 29.4 Å². The van der Waals surface area contributed by atoms with E-state index in [-0.39, 0.29) is 18.6 Å². The lowest BCUT2D eigenvalue weighted by atomic mass is 10.1. The average Bonchev–Trinajstić information content (AvgIpc) is 3.01. The number of hydrogen-bond acceptors (Lipinski definition) is 5. The number of likely N-dealkylation sites (tertiary alicyclic amines) is 1. The first-order chi connectivity index (χ1) is 10.2. The number of carbonyl (C=O) groups is 1. The van der Waals surface area contributed by atoms with Gasteiger partial charge in [-0.3, -0.25) is 4.79 Å². The van der Waals surface area contributed by atoms with E-state index in [9.17, 15) is 9.90 Å². The highest BCUT2D eigenvalue weighted by molar-refractivity contribution is 5.98. The smallest absolute Gasteiger partial charge is 0.258 e. The van der Waals surface area contributed by atoms with Gasteiger partial charge in [-0.2, -0.15) is 0 Å². The first-order valence-electron chi connectivity index (χ1n) is 6.88. The summed E-state index contributed by atoms with van der Waals surface area (Å²) in [6, 6.07) is 3.12. The molecule has 1 aromatic rings. The molecule has 1 saturated heterocycles. The lowest BCUT2D eigenvalue weighted by Gasteiger charge is -2.24. The van der Waals surface area contributed by atoms with Crippen LogP contribution >= 0.6 is 0 Å². The molecule has 0 bridgehead atoms. The van der Waals surface area contributed by atoms with Crippen LogP contribution in [0.25, 0.3) is 0 Å². The number of ether oxygens (including phenoxy) is 3. The summed E-state index contributed by atoms with van der Waals surface area (Å²) in [5.41, 5.74) is 0.413. The molecule has 1 heterocycles. The van der Waals surface area contributed by atoms with Crippen molar-refractivity contribution in [1.82, 2.24) is 4.90 Å². The van der Waals surface area contributed by atoms with Crippen molar-refractivity contribution >= 4 is 5.91 Å². The van der Waals surface area contributed by atoms with Crippen LogP contribution in [0.5, 0.6) is 17.2 Å². The van der Waals surface area contributed by atoms with Crippen LogP contribution in [-0.4, -0.2) is 56.4 Å². The van der Waals surface area contributed by atoms with Gasteiger partial charge < -0.3 is 24.2 Å². The molecule has 0 saturated carbocycles. The van der Waals surface area contributed by atoms with E-state index in [0.717, 1.165) is 12.8 Å². The molecule has 0 aromatic heterocycles. The predicted octanol–water partition coefficient (Wildman–Crippen LogP) is 1.31. The van der Waals surface area contributed by atoms with Crippen LogP contribution in [-0.2, 0) is 0 Å². The predicted molar refractivity (Wildman–Crippen MR) is 77.2 cm³/mol. The summed E-state index contributed by atoms with van der Waals surface area (Å²) >= 11 is 0. The monoisotopic (exact) mass is 295 g/mol. The van der Waals surface area contributed by atoms with Gasteiger partial charge in [-0.05, 0) is 12.8 Å². The van der Waals surface area contributed by atoms with Crippen molar-refractivity contribution in [1.29, 1.82) is 0 Å². The Bertz CT molecular complexity index is 517. The Morgan fingerprint density at radius 3 is 2.38 bits per heavy atom. The Hall–Kier alpha value is -1.95. The van der Waals surface area contributed by atoms with E-state index in [1.54, 1.807) is 17.0 Å². The zero-order valence-electron chi connectivity index (χ0n) is 12.6. The second-order valence-electron chi connectivity index (χ2n) is 4.88. The molecule has 1 atom stereocenters. The van der Waals surface area contributed by atoms with Crippen molar-refractivity contribution in [3.05, 3.63) is 17.7 Å². The number of rotatable bonds is 5. The molecule has 0 aliphatic carbocycles. The SMILES string of the molecule is COc1cc(OC)c(C(=O)N2CCC[C@H]2CO)cc1OC. The van der Waals surface area contributed by atoms with Crippen LogP contribution in [0.15, 0.2) is 12.1 Å². The minimum Gasteiger partial charge on any atom is -0.496 e. The quantitative estimate of drug-likeness (QED) is 0.887. The van der Waals surface area contributed by atoms with Crippen molar-refractivity contribution in [3.8, 4) is 17.2 Å². The van der Waals surface area contributed by atoms with Crippen molar-refractivity contribution in [2.45, 2.75) is 18.9 Å². The minimum atomic E-state index is -0.163. The molecule has 2 rings (SSSR count). The molecule has 1 aliphatic heterocycles. The number of methoxy groups -OCH3 is 3. The molecule has 0 spiro atoms. The zero-order valence-corrected chi connectivity index (χ0v) is 12.6. The van der Waals surface area contributed by atoms with Gasteiger partial charge in [0, 0.05) is 18.7 Å². The second kappa shape index (κ2) is 6.67. The standard InChI is InChI=1S/C15H21NO5/c1-19-12-8-14(21-3)13(20-2)7-11(12)15(18)16-6-4-5-10(16)9-17/h7-8,10,17H,4-6,9H2,1-3H3/t10-/m0/s1. The van der Waals surface area contributed by atoms with Gasteiger partial charge in [0.25, 0.3) is 5.91 Å². The molecule has 21 heavy (non-hydrogen) atoms. The molecule has 1 fully saturated rings. The Morgan fingerprint density at radius 1 is 1.19 bits per heavy atom. The van der Waals surface area contributed by atoms with Crippen LogP contribution < -0.4 is 14.2 Å². The summed E-state index contributed by atoms with van der Waals surface area (Å²) < 4.78 is 15.7. The summed E-state index contributed by atoms with van der Waals surface area (Å²) in [6.07, 6.45) is 1.71. The number of hydrogen-bond donors (Lipinski definition) is 1. The highest BCUT2D eigenvalue weighted by atomic mass is 16.5. The first-order valence-corrected chi connectivity index (χ1v) is 6.88. The number of benzene rings is 1. The third-order valence-corrected chi connectivity index (χ3v) is 3.78. The molecule has 0 unspecified atom stereocenters. The van der Waals surface area contributed by atoms with Crippen LogP contribution in [0.1, 0.15) is 23.2 Å². The third kappa shape index (κ3) is 2.90. The first kappa shape index (κ1) is 15.4. The summed E-state index contributed by atoms with van der Waals surface area (Å²) in [5, 5.41) is 9.37. The van der Waals surface area contributed by atoms with E-state index >= 15 is 0 Å². The molecule has 1 amide bonds. The summed E-state index contributed by atoms with van der Waals surface area (Å²) in [4.78, 5) is 14.4. The van der Waals surface area contributed by atoms with E-state index in [1.807, 2.05) is 0 Å². The Labute approximate surface area is 124 Å². The number of aliphatic hydroxyl groups excluding tert-OH is 1. The highest BCUT2D eigenvalue weighted by Crippen LogP contribution is 2.36. The molecule has 1 aliphatic rings. The molecule has 6 heteroatoms. The molecular weight excluding hydrogens is 274 g/mol. The second-order valence-corrected chi connectivity index (χ2v) is 4.88. The Balaban J connectivity index is 2.39.